The van der Waals surface area contributed by atoms with Crippen molar-refractivity contribution in [2.75, 3.05) is 13.7 Å². The molecule has 2 N–H and O–H groups in total. The Hall–Kier alpha value is -1.35. The van der Waals surface area contributed by atoms with Crippen molar-refractivity contribution in [2.45, 2.75) is 18.2 Å². The van der Waals surface area contributed by atoms with Crippen molar-refractivity contribution in [3.05, 3.63) is 29.3 Å². The smallest absolute Gasteiger partial charge is 0.240 e. The maximum Gasteiger partial charge on any atom is 0.240 e. The molecule has 17 heavy (non-hydrogen) atoms. The number of aliphatic hydroxyl groups excluding tert-OH is 1. The number of nitrogens with one attached hydrogen (secondary N) is 1. The van der Waals surface area contributed by atoms with Gasteiger partial charge in [-0.2, -0.15) is 0 Å². The Balaban J connectivity index is 3.17. The summed E-state index contributed by atoms with van der Waals surface area (Å²) in [4.78, 5) is 0.232. The zero-order chi connectivity index (χ0) is 12.9. The van der Waals surface area contributed by atoms with E-state index < -0.39 is 10.0 Å². The van der Waals surface area contributed by atoms with Crippen molar-refractivity contribution in [1.82, 2.24) is 4.72 Å². The summed E-state index contributed by atoms with van der Waals surface area (Å²) in [6.07, 6.45) is 0.377. The van der Waals surface area contributed by atoms with Crippen LogP contribution in [0.1, 0.15) is 17.5 Å². The van der Waals surface area contributed by atoms with Gasteiger partial charge in [-0.25, -0.2) is 13.1 Å². The second-order valence-electron chi connectivity index (χ2n) is 3.46. The average molecular weight is 253 g/mol. The van der Waals surface area contributed by atoms with Gasteiger partial charge >= 0.3 is 0 Å². The zero-order valence-corrected chi connectivity index (χ0v) is 10.6. The summed E-state index contributed by atoms with van der Waals surface area (Å²) < 4.78 is 25.7. The summed E-state index contributed by atoms with van der Waals surface area (Å²) in [5, 5.41) is 8.60. The van der Waals surface area contributed by atoms with Crippen molar-refractivity contribution in [1.29, 1.82) is 0 Å². The molecule has 0 saturated heterocycles. The first-order chi connectivity index (χ1) is 8.01. The Kier molecular flexibility index (Phi) is 4.70. The molecular formula is C12H15NO3S. The number of hydrogen-bond acceptors (Lipinski definition) is 3. The van der Waals surface area contributed by atoms with E-state index in [9.17, 15) is 8.42 Å². The van der Waals surface area contributed by atoms with Gasteiger partial charge in [0, 0.05) is 12.0 Å². The highest BCUT2D eigenvalue weighted by molar-refractivity contribution is 7.89. The Morgan fingerprint density at radius 2 is 2.12 bits per heavy atom. The van der Waals surface area contributed by atoms with Gasteiger partial charge in [-0.3, -0.25) is 0 Å². The largest absolute Gasteiger partial charge is 0.395 e. The van der Waals surface area contributed by atoms with Crippen molar-refractivity contribution in [2.24, 2.45) is 0 Å². The first kappa shape index (κ1) is 13.7. The molecule has 0 heterocycles. The van der Waals surface area contributed by atoms with E-state index in [4.69, 9.17) is 5.11 Å². The van der Waals surface area contributed by atoms with Crippen LogP contribution in [-0.2, 0) is 10.0 Å². The van der Waals surface area contributed by atoms with Gasteiger partial charge in [0.15, 0.2) is 0 Å². The Bertz CT molecular complexity index is 553. The highest BCUT2D eigenvalue weighted by Crippen LogP contribution is 2.16. The van der Waals surface area contributed by atoms with Gasteiger partial charge in [0.05, 0.1) is 11.5 Å². The first-order valence-electron chi connectivity index (χ1n) is 5.15. The number of rotatable bonds is 3. The molecule has 0 atom stereocenters. The predicted octanol–water partition coefficient (Wildman–Crippen LogP) is 0.637. The Morgan fingerprint density at radius 3 is 2.71 bits per heavy atom. The molecule has 0 aliphatic rings. The maximum atomic E-state index is 11.7. The number of aliphatic hydroxyl groups is 1. The monoisotopic (exact) mass is 253 g/mol. The molecule has 0 aliphatic carbocycles. The fourth-order valence-electron chi connectivity index (χ4n) is 1.30. The third kappa shape index (κ3) is 3.56. The van der Waals surface area contributed by atoms with E-state index in [0.717, 1.165) is 0 Å². The molecule has 0 fully saturated rings. The number of hydrogen-bond donors (Lipinski definition) is 2. The highest BCUT2D eigenvalue weighted by Gasteiger charge is 2.14. The molecule has 0 aromatic heterocycles. The second kappa shape index (κ2) is 5.82. The Labute approximate surface area is 102 Å². The quantitative estimate of drug-likeness (QED) is 0.777. The molecule has 0 bridgehead atoms. The number of benzene rings is 1. The predicted molar refractivity (Wildman–Crippen MR) is 66.0 cm³/mol. The van der Waals surface area contributed by atoms with Gasteiger partial charge in [-0.05, 0) is 31.7 Å². The van der Waals surface area contributed by atoms with E-state index in [1.54, 1.807) is 19.1 Å². The van der Waals surface area contributed by atoms with E-state index in [0.29, 0.717) is 17.5 Å². The molecule has 0 spiro atoms. The normalized spacial score (nSPS) is 10.8. The molecule has 1 rings (SSSR count). The van der Waals surface area contributed by atoms with E-state index in [1.807, 2.05) is 0 Å². The molecule has 1 aromatic rings. The van der Waals surface area contributed by atoms with Crippen LogP contribution in [0.4, 0.5) is 0 Å². The lowest BCUT2D eigenvalue weighted by Gasteiger charge is -2.06. The fourth-order valence-corrected chi connectivity index (χ4v) is 2.29. The van der Waals surface area contributed by atoms with E-state index in [2.05, 4.69) is 16.6 Å². The van der Waals surface area contributed by atoms with Crippen molar-refractivity contribution >= 4 is 10.0 Å². The summed E-state index contributed by atoms with van der Waals surface area (Å²) in [6.45, 7) is 1.73. The topological polar surface area (TPSA) is 66.4 Å². The van der Waals surface area contributed by atoms with E-state index >= 15 is 0 Å². The molecule has 0 aliphatic heterocycles. The van der Waals surface area contributed by atoms with Gasteiger partial charge in [0.2, 0.25) is 10.0 Å². The van der Waals surface area contributed by atoms with Crippen molar-refractivity contribution in [3.8, 4) is 11.8 Å². The Morgan fingerprint density at radius 1 is 1.41 bits per heavy atom. The third-order valence-electron chi connectivity index (χ3n) is 2.22. The standard InChI is InChI=1S/C12H15NO3S/c1-10-6-7-11(5-3-4-8-14)9-12(10)17(15,16)13-2/h6-7,9,13-14H,4,8H2,1-2H3. The lowest BCUT2D eigenvalue weighted by atomic mass is 10.1. The summed E-state index contributed by atoms with van der Waals surface area (Å²) in [6, 6.07) is 5.01. The minimum absolute atomic E-state index is 0.000528. The molecule has 92 valence electrons. The van der Waals surface area contributed by atoms with Crippen LogP contribution in [0.3, 0.4) is 0 Å². The van der Waals surface area contributed by atoms with Crippen LogP contribution in [0.25, 0.3) is 0 Å². The summed E-state index contributed by atoms with van der Waals surface area (Å²) in [7, 11) is -2.08. The van der Waals surface area contributed by atoms with Gasteiger partial charge in [-0.15, -0.1) is 0 Å². The van der Waals surface area contributed by atoms with Crippen LogP contribution in [0.2, 0.25) is 0 Å². The van der Waals surface area contributed by atoms with Gasteiger partial charge in [0.25, 0.3) is 0 Å². The van der Waals surface area contributed by atoms with E-state index in [-0.39, 0.29) is 11.5 Å². The van der Waals surface area contributed by atoms with Gasteiger partial charge in [0.1, 0.15) is 0 Å². The van der Waals surface area contributed by atoms with Crippen LogP contribution in [0, 0.1) is 18.8 Å². The summed E-state index contributed by atoms with van der Waals surface area (Å²) in [5.74, 6) is 5.56. The second-order valence-corrected chi connectivity index (χ2v) is 5.32. The van der Waals surface area contributed by atoms with Gasteiger partial charge < -0.3 is 5.11 Å². The molecule has 0 unspecified atom stereocenters. The van der Waals surface area contributed by atoms with Crippen LogP contribution < -0.4 is 4.72 Å². The molecule has 1 aromatic carbocycles. The SMILES string of the molecule is CNS(=O)(=O)c1cc(C#CCCO)ccc1C. The van der Waals surface area contributed by atoms with Crippen LogP contribution >= 0.6 is 0 Å². The lowest BCUT2D eigenvalue weighted by Crippen LogP contribution is -2.19. The highest BCUT2D eigenvalue weighted by atomic mass is 32.2. The first-order valence-corrected chi connectivity index (χ1v) is 6.63. The van der Waals surface area contributed by atoms with Crippen LogP contribution in [0.5, 0.6) is 0 Å². The van der Waals surface area contributed by atoms with Crippen LogP contribution in [0.15, 0.2) is 23.1 Å². The molecule has 0 radical (unpaired) electrons. The fraction of sp³-hybridized carbons (Fsp3) is 0.333. The summed E-state index contributed by atoms with van der Waals surface area (Å²) in [5.41, 5.74) is 1.30. The molecule has 4 nitrogen and oxygen atoms in total. The molecular weight excluding hydrogens is 238 g/mol. The van der Waals surface area contributed by atoms with Crippen LogP contribution in [-0.4, -0.2) is 27.2 Å². The minimum Gasteiger partial charge on any atom is -0.395 e. The number of aryl methyl sites for hydroxylation is 1. The maximum absolute atomic E-state index is 11.7. The number of sulfonamides is 1. The molecule has 0 saturated carbocycles. The molecule has 5 heteroatoms. The minimum atomic E-state index is -3.45. The molecule has 0 amide bonds. The zero-order valence-electron chi connectivity index (χ0n) is 9.82. The average Bonchev–Trinajstić information content (AvgIpc) is 2.31. The van der Waals surface area contributed by atoms with Gasteiger partial charge in [-0.1, -0.05) is 17.9 Å². The van der Waals surface area contributed by atoms with Crippen molar-refractivity contribution in [3.63, 3.8) is 0 Å². The lowest BCUT2D eigenvalue weighted by molar-refractivity contribution is 0.305. The van der Waals surface area contributed by atoms with Crippen molar-refractivity contribution < 1.29 is 13.5 Å². The van der Waals surface area contributed by atoms with E-state index in [1.165, 1.54) is 13.1 Å². The third-order valence-corrected chi connectivity index (χ3v) is 3.77. The summed E-state index contributed by atoms with van der Waals surface area (Å²) >= 11 is 0.